The summed E-state index contributed by atoms with van der Waals surface area (Å²) in [5, 5.41) is 16.1. The van der Waals surface area contributed by atoms with E-state index in [1.54, 1.807) is 30.7 Å². The van der Waals surface area contributed by atoms with Gasteiger partial charge in [0.05, 0.1) is 6.20 Å². The number of benzene rings is 1. The molecule has 5 rings (SSSR count). The number of hydrogen-bond donors (Lipinski definition) is 2. The molecule has 0 unspecified atom stereocenters. The highest BCUT2D eigenvalue weighted by Gasteiger charge is 2.37. The first-order chi connectivity index (χ1) is 17.6. The Labute approximate surface area is 218 Å². The molecule has 2 aromatic heterocycles. The molecule has 1 atom stereocenters. The van der Waals surface area contributed by atoms with E-state index in [0.717, 1.165) is 25.2 Å². The van der Waals surface area contributed by atoms with Crippen LogP contribution in [0.2, 0.25) is 0 Å². The van der Waals surface area contributed by atoms with Crippen molar-refractivity contribution in [1.82, 2.24) is 19.9 Å². The van der Waals surface area contributed by atoms with Crippen molar-refractivity contribution in [3.8, 4) is 6.07 Å². The second kappa shape index (κ2) is 9.72. The van der Waals surface area contributed by atoms with E-state index in [-0.39, 0.29) is 5.41 Å². The van der Waals surface area contributed by atoms with E-state index in [0.29, 0.717) is 29.0 Å². The van der Waals surface area contributed by atoms with Crippen molar-refractivity contribution in [3.05, 3.63) is 58.8 Å². The molecule has 1 aliphatic heterocycles. The molecule has 3 heterocycles. The predicted octanol–water partition coefficient (Wildman–Crippen LogP) is 5.02. The van der Waals surface area contributed by atoms with Crippen LogP contribution in [0.25, 0.3) is 0 Å². The monoisotopic (exact) mass is 516 g/mol. The van der Waals surface area contributed by atoms with Gasteiger partial charge in [-0.1, -0.05) is 19.4 Å². The van der Waals surface area contributed by atoms with E-state index >= 15 is 0 Å². The lowest BCUT2D eigenvalue weighted by atomic mass is 9.73. The van der Waals surface area contributed by atoms with Crippen molar-refractivity contribution in [2.24, 2.45) is 4.36 Å². The summed E-state index contributed by atoms with van der Waals surface area (Å²) in [7, 11) is -0.158. The SMILES string of the molecule is CN1Cc2cc(Nc3ncc(C#N)c(Nc4cccc(N=S(C)(C)=O)n4)n3)cc3c2[C@](C)(CCCC3)C1. The smallest absolute Gasteiger partial charge is 0.229 e. The Kier molecular flexibility index (Phi) is 6.60. The molecule has 0 spiro atoms. The molecule has 0 radical (unpaired) electrons. The zero-order valence-corrected chi connectivity index (χ0v) is 22.5. The van der Waals surface area contributed by atoms with Crippen LogP contribution in [0.5, 0.6) is 0 Å². The van der Waals surface area contributed by atoms with Gasteiger partial charge in [-0.15, -0.1) is 0 Å². The van der Waals surface area contributed by atoms with Gasteiger partial charge in [-0.25, -0.2) is 14.2 Å². The molecule has 10 heteroatoms. The Morgan fingerprint density at radius 1 is 1.16 bits per heavy atom. The van der Waals surface area contributed by atoms with Crippen molar-refractivity contribution < 1.29 is 4.21 Å². The number of rotatable bonds is 5. The Morgan fingerprint density at radius 3 is 2.76 bits per heavy atom. The minimum Gasteiger partial charge on any atom is -0.324 e. The highest BCUT2D eigenvalue weighted by atomic mass is 32.2. The standard InChI is InChI=1S/C27H32N8OS/c1-27-11-6-5-8-18-12-21(13-19(24(18)27)16-35(2)17-27)30-26-29-15-20(14-28)25(33-26)32-22-9-7-10-23(31-22)34-37(3,4)36/h7,9-10,12-13,15H,5-6,8,11,16-17H2,1-4H3,(H2,29,30,31,32,33)/t27-/m1/s1. The van der Waals surface area contributed by atoms with Crippen molar-refractivity contribution in [3.63, 3.8) is 0 Å². The first kappa shape index (κ1) is 25.1. The fourth-order valence-corrected chi connectivity index (χ4v) is 6.18. The Hall–Kier alpha value is -3.55. The maximum absolute atomic E-state index is 12.1. The molecule has 0 bridgehead atoms. The Morgan fingerprint density at radius 2 is 1.97 bits per heavy atom. The van der Waals surface area contributed by atoms with Gasteiger partial charge in [-0.05, 0) is 67.3 Å². The van der Waals surface area contributed by atoms with Gasteiger partial charge in [-0.2, -0.15) is 14.6 Å². The van der Waals surface area contributed by atoms with Crippen LogP contribution in [-0.2, 0) is 28.1 Å². The van der Waals surface area contributed by atoms with Crippen LogP contribution in [-0.4, -0.2) is 50.2 Å². The van der Waals surface area contributed by atoms with Crippen LogP contribution in [0.4, 0.5) is 29.1 Å². The maximum atomic E-state index is 12.1. The first-order valence-corrected chi connectivity index (χ1v) is 14.8. The fourth-order valence-electron chi connectivity index (χ4n) is 5.63. The van der Waals surface area contributed by atoms with Crippen LogP contribution in [0.1, 0.15) is 48.4 Å². The van der Waals surface area contributed by atoms with Gasteiger partial charge in [0.15, 0.2) is 11.6 Å². The van der Waals surface area contributed by atoms with E-state index in [1.807, 2.05) is 0 Å². The zero-order chi connectivity index (χ0) is 26.2. The van der Waals surface area contributed by atoms with Crippen molar-refractivity contribution >= 4 is 38.8 Å². The molecule has 9 nitrogen and oxygen atoms in total. The normalized spacial score (nSPS) is 19.3. The number of likely N-dealkylation sites (N-methyl/N-ethyl adjacent to an activating group) is 1. The molecule has 0 saturated carbocycles. The average molecular weight is 517 g/mol. The average Bonchev–Trinajstić information content (AvgIpc) is 2.97. The summed E-state index contributed by atoms with van der Waals surface area (Å²) < 4.78 is 16.2. The minimum absolute atomic E-state index is 0.186. The molecule has 3 aromatic rings. The van der Waals surface area contributed by atoms with Gasteiger partial charge < -0.3 is 15.5 Å². The molecule has 0 fully saturated rings. The summed E-state index contributed by atoms with van der Waals surface area (Å²) in [5.74, 6) is 1.52. The number of aryl methyl sites for hydroxylation is 1. The predicted molar refractivity (Wildman–Crippen MR) is 147 cm³/mol. The highest BCUT2D eigenvalue weighted by Crippen LogP contribution is 2.43. The quantitative estimate of drug-likeness (QED) is 0.485. The van der Waals surface area contributed by atoms with Crippen LogP contribution in [0, 0.1) is 11.3 Å². The minimum atomic E-state index is -2.35. The summed E-state index contributed by atoms with van der Waals surface area (Å²) in [5.41, 5.74) is 5.72. The van der Waals surface area contributed by atoms with Gasteiger partial charge in [0.1, 0.15) is 17.5 Å². The third kappa shape index (κ3) is 5.58. The summed E-state index contributed by atoms with van der Waals surface area (Å²) in [6, 6.07) is 11.8. The summed E-state index contributed by atoms with van der Waals surface area (Å²) in [6.45, 7) is 4.41. The molecule has 1 aliphatic carbocycles. The van der Waals surface area contributed by atoms with E-state index in [9.17, 15) is 9.47 Å². The summed E-state index contributed by atoms with van der Waals surface area (Å²) >= 11 is 0. The molecule has 37 heavy (non-hydrogen) atoms. The number of nitrogens with zero attached hydrogens (tertiary/aromatic N) is 6. The topological polar surface area (TPSA) is 119 Å². The number of hydrogen-bond acceptors (Lipinski definition) is 9. The molecular formula is C27H32N8OS. The lowest BCUT2D eigenvalue weighted by Gasteiger charge is -2.41. The number of nitriles is 1. The van der Waals surface area contributed by atoms with Crippen molar-refractivity contribution in [2.75, 3.05) is 36.7 Å². The largest absolute Gasteiger partial charge is 0.324 e. The molecule has 192 valence electrons. The molecule has 0 amide bonds. The van der Waals surface area contributed by atoms with Gasteiger partial charge in [0.2, 0.25) is 5.95 Å². The maximum Gasteiger partial charge on any atom is 0.229 e. The van der Waals surface area contributed by atoms with E-state index in [4.69, 9.17) is 0 Å². The summed E-state index contributed by atoms with van der Waals surface area (Å²) in [6.07, 6.45) is 9.33. The fraction of sp³-hybridized carbons (Fsp3) is 0.407. The van der Waals surface area contributed by atoms with E-state index < -0.39 is 9.73 Å². The molecule has 0 saturated heterocycles. The lowest BCUT2D eigenvalue weighted by Crippen LogP contribution is -2.42. The van der Waals surface area contributed by atoms with Crippen molar-refractivity contribution in [2.45, 2.75) is 44.6 Å². The lowest BCUT2D eigenvalue weighted by molar-refractivity contribution is 0.213. The number of pyridine rings is 1. The number of aromatic nitrogens is 3. The molecular weight excluding hydrogens is 484 g/mol. The van der Waals surface area contributed by atoms with Gasteiger partial charge in [-0.3, -0.25) is 0 Å². The third-order valence-corrected chi connectivity index (χ3v) is 7.48. The van der Waals surface area contributed by atoms with Gasteiger partial charge in [0.25, 0.3) is 0 Å². The third-order valence-electron chi connectivity index (χ3n) is 6.85. The van der Waals surface area contributed by atoms with Crippen LogP contribution in [0.3, 0.4) is 0 Å². The van der Waals surface area contributed by atoms with E-state index in [1.165, 1.54) is 42.1 Å². The molecule has 2 N–H and O–H groups in total. The Bertz CT molecular complexity index is 1510. The second-order valence-corrected chi connectivity index (χ2v) is 13.1. The highest BCUT2D eigenvalue weighted by molar-refractivity contribution is 7.92. The van der Waals surface area contributed by atoms with Crippen LogP contribution >= 0.6 is 0 Å². The van der Waals surface area contributed by atoms with Crippen molar-refractivity contribution in [1.29, 1.82) is 5.26 Å². The van der Waals surface area contributed by atoms with Crippen LogP contribution in [0.15, 0.2) is 40.9 Å². The summed E-state index contributed by atoms with van der Waals surface area (Å²) in [4.78, 5) is 15.8. The number of anilines is 4. The zero-order valence-electron chi connectivity index (χ0n) is 21.7. The number of nitrogens with one attached hydrogen (secondary N) is 2. The first-order valence-electron chi connectivity index (χ1n) is 12.4. The second-order valence-electron chi connectivity index (χ2n) is 10.6. The molecule has 1 aromatic carbocycles. The molecule has 2 aliphatic rings. The van der Waals surface area contributed by atoms with Gasteiger partial charge >= 0.3 is 0 Å². The van der Waals surface area contributed by atoms with E-state index in [2.05, 4.69) is 67.0 Å². The van der Waals surface area contributed by atoms with Gasteiger partial charge in [0, 0.05) is 46.4 Å². The Balaban J connectivity index is 1.46. The van der Waals surface area contributed by atoms with Crippen LogP contribution < -0.4 is 10.6 Å².